The van der Waals surface area contributed by atoms with E-state index in [0.717, 1.165) is 55.8 Å². The van der Waals surface area contributed by atoms with Crippen molar-refractivity contribution >= 4 is 17.3 Å². The van der Waals surface area contributed by atoms with E-state index in [4.69, 9.17) is 9.47 Å². The molecule has 3 aliphatic heterocycles. The molecular weight excluding hydrogens is 407 g/mol. The van der Waals surface area contributed by atoms with Crippen LogP contribution in [0.4, 0.5) is 15.8 Å². The fourth-order valence-electron chi connectivity index (χ4n) is 5.54. The number of nitrogens with one attached hydrogen (secondary N) is 1. The molecule has 2 saturated heterocycles. The molecule has 3 atom stereocenters. The Morgan fingerprint density at radius 1 is 1.16 bits per heavy atom. The number of para-hydroxylation sites is 1. The fraction of sp³-hybridized carbons (Fsp3) is 0.500. The number of anilines is 2. The molecule has 0 amide bonds. The number of likely N-dealkylation sites (tertiary alicyclic amines) is 1. The summed E-state index contributed by atoms with van der Waals surface area (Å²) in [5.74, 6) is 0.302. The van der Waals surface area contributed by atoms with E-state index in [2.05, 4.69) is 28.4 Å². The van der Waals surface area contributed by atoms with Crippen LogP contribution in [0.15, 0.2) is 42.5 Å². The van der Waals surface area contributed by atoms with Gasteiger partial charge in [0.1, 0.15) is 5.82 Å². The van der Waals surface area contributed by atoms with Gasteiger partial charge in [0.15, 0.2) is 0 Å². The third-order valence-electron chi connectivity index (χ3n) is 7.10. The summed E-state index contributed by atoms with van der Waals surface area (Å²) < 4.78 is 25.8. The van der Waals surface area contributed by atoms with Crippen molar-refractivity contribution in [3.63, 3.8) is 0 Å². The number of carbonyl (C=O) groups is 1. The maximum absolute atomic E-state index is 14.1. The molecule has 0 radical (unpaired) electrons. The second kappa shape index (κ2) is 9.20. The molecular formula is C26H31FN2O3. The molecule has 0 saturated carbocycles. The van der Waals surface area contributed by atoms with Crippen molar-refractivity contribution in [2.75, 3.05) is 31.6 Å². The highest BCUT2D eigenvalue weighted by Gasteiger charge is 2.41. The Bertz CT molecular complexity index is 973. The van der Waals surface area contributed by atoms with E-state index < -0.39 is 0 Å². The molecule has 170 valence electrons. The van der Waals surface area contributed by atoms with Crippen molar-refractivity contribution in [2.24, 2.45) is 5.92 Å². The van der Waals surface area contributed by atoms with Gasteiger partial charge in [-0.05, 0) is 75.0 Å². The number of carbonyl (C=O) groups excluding carboxylic acids is 1. The van der Waals surface area contributed by atoms with E-state index in [1.165, 1.54) is 11.6 Å². The van der Waals surface area contributed by atoms with Crippen LogP contribution < -0.4 is 5.32 Å². The highest BCUT2D eigenvalue weighted by Crippen LogP contribution is 2.51. The Hall–Kier alpha value is -2.44. The molecule has 0 aliphatic carbocycles. The Balaban J connectivity index is 1.27. The Morgan fingerprint density at radius 3 is 2.75 bits per heavy atom. The lowest BCUT2D eigenvalue weighted by Gasteiger charge is -2.33. The third kappa shape index (κ3) is 4.39. The number of ether oxygens (including phenoxy) is 2. The Kier molecular flexibility index (Phi) is 6.15. The minimum atomic E-state index is -0.231. The zero-order valence-electron chi connectivity index (χ0n) is 18.6. The van der Waals surface area contributed by atoms with Crippen molar-refractivity contribution in [2.45, 2.75) is 50.7 Å². The largest absolute Gasteiger partial charge is 0.466 e. The normalized spacial score (nSPS) is 25.2. The molecule has 2 fully saturated rings. The van der Waals surface area contributed by atoms with Gasteiger partial charge in [-0.2, -0.15) is 0 Å². The van der Waals surface area contributed by atoms with E-state index >= 15 is 0 Å². The van der Waals surface area contributed by atoms with Crippen molar-refractivity contribution in [3.05, 3.63) is 59.4 Å². The Morgan fingerprint density at radius 2 is 1.94 bits per heavy atom. The molecule has 5 nitrogen and oxygen atoms in total. The summed E-state index contributed by atoms with van der Waals surface area (Å²) in [7, 11) is 0. The molecule has 32 heavy (non-hydrogen) atoms. The molecule has 0 bridgehead atoms. The van der Waals surface area contributed by atoms with E-state index in [1.54, 1.807) is 6.07 Å². The van der Waals surface area contributed by atoms with Gasteiger partial charge in [0.2, 0.25) is 0 Å². The third-order valence-corrected chi connectivity index (χ3v) is 7.10. The molecule has 3 heterocycles. The first-order valence-corrected chi connectivity index (χ1v) is 11.8. The lowest BCUT2D eigenvalue weighted by Crippen LogP contribution is -2.39. The maximum Gasteiger partial charge on any atom is 0.306 e. The molecule has 5 rings (SSSR count). The highest BCUT2D eigenvalue weighted by atomic mass is 19.1. The van der Waals surface area contributed by atoms with Gasteiger partial charge in [-0.25, -0.2) is 4.39 Å². The van der Waals surface area contributed by atoms with Gasteiger partial charge in [-0.3, -0.25) is 4.79 Å². The average Bonchev–Trinajstić information content (AvgIpc) is 3.15. The lowest BCUT2D eigenvalue weighted by molar-refractivity contribution is -0.144. The van der Waals surface area contributed by atoms with Gasteiger partial charge in [-0.15, -0.1) is 0 Å². The number of benzene rings is 2. The summed E-state index contributed by atoms with van der Waals surface area (Å²) >= 11 is 0. The molecule has 3 unspecified atom stereocenters. The number of esters is 1. The molecule has 6 heteroatoms. The number of fused-ring (bicyclic) bond motifs is 5. The minimum Gasteiger partial charge on any atom is -0.466 e. The summed E-state index contributed by atoms with van der Waals surface area (Å²) in [6.07, 6.45) is 3.43. The smallest absolute Gasteiger partial charge is 0.306 e. The number of nitrogens with zero attached hydrogens (tertiary/aromatic N) is 1. The zero-order valence-corrected chi connectivity index (χ0v) is 18.6. The van der Waals surface area contributed by atoms with Crippen LogP contribution in [-0.4, -0.2) is 43.2 Å². The number of hydrogen-bond acceptors (Lipinski definition) is 5. The van der Waals surface area contributed by atoms with E-state index in [9.17, 15) is 9.18 Å². The first kappa shape index (κ1) is 21.4. The number of halogens is 1. The topological polar surface area (TPSA) is 50.8 Å². The van der Waals surface area contributed by atoms with Crippen molar-refractivity contribution in [3.8, 4) is 0 Å². The van der Waals surface area contributed by atoms with Crippen LogP contribution in [0.2, 0.25) is 0 Å². The molecule has 3 aliphatic rings. The van der Waals surface area contributed by atoms with Crippen molar-refractivity contribution in [1.29, 1.82) is 0 Å². The van der Waals surface area contributed by atoms with Crippen LogP contribution in [0.25, 0.3) is 0 Å². The second-order valence-electron chi connectivity index (χ2n) is 9.22. The van der Waals surface area contributed by atoms with Gasteiger partial charge in [-0.1, -0.05) is 18.2 Å². The first-order valence-electron chi connectivity index (χ1n) is 11.8. The first-order chi connectivity index (χ1) is 15.6. The van der Waals surface area contributed by atoms with Crippen LogP contribution in [0.3, 0.4) is 0 Å². The Labute approximate surface area is 188 Å². The summed E-state index contributed by atoms with van der Waals surface area (Å²) in [5.41, 5.74) is 4.15. The standard InChI is InChI=1S/C26H31FN2O3/c1-2-31-25(30)13-17-9-11-29(12-10-17)16-19-15-21-20-5-3-4-6-23(20)28-24-8-7-18(27)14-22(24)26(21)32-19/h3-8,14,17,19,21,26,28H,2,9-13,15-16H2,1H3. The SMILES string of the molecule is CCOC(=O)CC1CCN(CC2CC3c4ccccc4Nc4ccc(F)cc4C3O2)CC1. The fourth-order valence-corrected chi connectivity index (χ4v) is 5.54. The predicted molar refractivity (Wildman–Crippen MR) is 122 cm³/mol. The zero-order chi connectivity index (χ0) is 22.1. The molecule has 2 aromatic carbocycles. The van der Waals surface area contributed by atoms with Gasteiger partial charge < -0.3 is 19.7 Å². The number of piperidine rings is 1. The number of rotatable bonds is 5. The molecule has 1 N–H and O–H groups in total. The van der Waals surface area contributed by atoms with Crippen LogP contribution in [0.1, 0.15) is 55.8 Å². The highest BCUT2D eigenvalue weighted by molar-refractivity contribution is 5.70. The number of hydrogen-bond donors (Lipinski definition) is 1. The average molecular weight is 439 g/mol. The predicted octanol–water partition coefficient (Wildman–Crippen LogP) is 5.16. The summed E-state index contributed by atoms with van der Waals surface area (Å²) in [6.45, 7) is 5.12. The second-order valence-corrected chi connectivity index (χ2v) is 9.22. The van der Waals surface area contributed by atoms with Crippen LogP contribution in [0.5, 0.6) is 0 Å². The summed E-state index contributed by atoms with van der Waals surface area (Å²) in [4.78, 5) is 14.2. The molecule has 2 aromatic rings. The van der Waals surface area contributed by atoms with Gasteiger partial charge in [0, 0.05) is 35.8 Å². The summed E-state index contributed by atoms with van der Waals surface area (Å²) in [6, 6.07) is 13.3. The lowest BCUT2D eigenvalue weighted by atomic mass is 9.87. The van der Waals surface area contributed by atoms with E-state index in [-0.39, 0.29) is 29.9 Å². The monoisotopic (exact) mass is 438 g/mol. The van der Waals surface area contributed by atoms with Gasteiger partial charge in [0.25, 0.3) is 0 Å². The van der Waals surface area contributed by atoms with E-state index in [1.807, 2.05) is 19.1 Å². The van der Waals surface area contributed by atoms with E-state index in [0.29, 0.717) is 18.9 Å². The van der Waals surface area contributed by atoms with Crippen molar-refractivity contribution in [1.82, 2.24) is 4.90 Å². The quantitative estimate of drug-likeness (QED) is 0.654. The molecule has 0 spiro atoms. The summed E-state index contributed by atoms with van der Waals surface area (Å²) in [5, 5.41) is 3.49. The van der Waals surface area contributed by atoms with Crippen LogP contribution in [0, 0.1) is 11.7 Å². The van der Waals surface area contributed by atoms with Gasteiger partial charge >= 0.3 is 5.97 Å². The van der Waals surface area contributed by atoms with Crippen LogP contribution >= 0.6 is 0 Å². The minimum absolute atomic E-state index is 0.0802. The van der Waals surface area contributed by atoms with Crippen LogP contribution in [-0.2, 0) is 14.3 Å². The van der Waals surface area contributed by atoms with Crippen molar-refractivity contribution < 1.29 is 18.7 Å². The molecule has 0 aromatic heterocycles. The van der Waals surface area contributed by atoms with Gasteiger partial charge in [0.05, 0.1) is 18.8 Å². The maximum atomic E-state index is 14.1.